The Morgan fingerprint density at radius 1 is 0.654 bits per heavy atom. The molecular weight excluding hydrogens is 338 g/mol. The van der Waals surface area contributed by atoms with Crippen LogP contribution in [0.4, 0.5) is 0 Å². The van der Waals surface area contributed by atoms with Crippen LogP contribution < -0.4 is 0 Å². The molecule has 0 fully saturated rings. The molecular formula is C23H15NOS. The average molecular weight is 353 g/mol. The topological polar surface area (TPSA) is 26.0 Å². The third-order valence-electron chi connectivity index (χ3n) is 4.50. The monoisotopic (exact) mass is 353 g/mol. The maximum absolute atomic E-state index is 6.41. The number of thiazole rings is 1. The van der Waals surface area contributed by atoms with Crippen molar-refractivity contribution in [3.63, 3.8) is 0 Å². The molecule has 0 unspecified atom stereocenters. The molecule has 124 valence electrons. The first-order valence-electron chi connectivity index (χ1n) is 8.48. The smallest absolute Gasteiger partial charge is 0.171 e. The van der Waals surface area contributed by atoms with Gasteiger partial charge in [0.25, 0.3) is 0 Å². The number of hydrogen-bond acceptors (Lipinski definition) is 3. The summed E-state index contributed by atoms with van der Waals surface area (Å²) in [5.41, 5.74) is 3.44. The van der Waals surface area contributed by atoms with Crippen LogP contribution in [0.3, 0.4) is 0 Å². The molecule has 5 aromatic rings. The van der Waals surface area contributed by atoms with Gasteiger partial charge in [-0.25, -0.2) is 4.98 Å². The number of aromatic nitrogens is 1. The summed E-state index contributed by atoms with van der Waals surface area (Å²) < 4.78 is 6.41. The predicted molar refractivity (Wildman–Crippen MR) is 108 cm³/mol. The molecule has 3 heteroatoms. The third kappa shape index (κ3) is 2.45. The predicted octanol–water partition coefficient (Wildman–Crippen LogP) is 6.89. The van der Waals surface area contributed by atoms with Crippen LogP contribution in [0.5, 0.6) is 0 Å². The van der Waals surface area contributed by atoms with Crippen LogP contribution in [-0.2, 0) is 0 Å². The SMILES string of the molecule is c1ccc(-c2ccccc2-c2oc(-c3nccs3)c3ccccc23)cc1. The van der Waals surface area contributed by atoms with E-state index in [2.05, 4.69) is 71.7 Å². The minimum Gasteiger partial charge on any atom is -0.452 e. The highest BCUT2D eigenvalue weighted by molar-refractivity contribution is 7.13. The second kappa shape index (κ2) is 6.28. The van der Waals surface area contributed by atoms with Crippen LogP contribution in [0.15, 0.2) is 94.9 Å². The second-order valence-electron chi connectivity index (χ2n) is 6.05. The molecule has 5 rings (SSSR count). The van der Waals surface area contributed by atoms with Crippen molar-refractivity contribution in [2.75, 3.05) is 0 Å². The van der Waals surface area contributed by atoms with Crippen molar-refractivity contribution in [2.45, 2.75) is 0 Å². The van der Waals surface area contributed by atoms with Crippen LogP contribution in [0, 0.1) is 0 Å². The Hall–Kier alpha value is -3.17. The average Bonchev–Trinajstić information content (AvgIpc) is 3.36. The van der Waals surface area contributed by atoms with Crippen molar-refractivity contribution in [1.82, 2.24) is 4.98 Å². The van der Waals surface area contributed by atoms with Gasteiger partial charge in [-0.1, -0.05) is 78.9 Å². The summed E-state index contributed by atoms with van der Waals surface area (Å²) in [6.45, 7) is 0. The normalized spacial score (nSPS) is 11.1. The molecule has 26 heavy (non-hydrogen) atoms. The summed E-state index contributed by atoms with van der Waals surface area (Å²) in [5, 5.41) is 5.09. The minimum absolute atomic E-state index is 0.841. The molecule has 0 aliphatic rings. The van der Waals surface area contributed by atoms with Crippen LogP contribution in [-0.4, -0.2) is 4.98 Å². The van der Waals surface area contributed by atoms with Crippen LogP contribution in [0.25, 0.3) is 44.0 Å². The zero-order valence-corrected chi connectivity index (χ0v) is 14.7. The fourth-order valence-corrected chi connectivity index (χ4v) is 3.97. The van der Waals surface area contributed by atoms with Gasteiger partial charge >= 0.3 is 0 Å². The van der Waals surface area contributed by atoms with Gasteiger partial charge < -0.3 is 4.42 Å². The summed E-state index contributed by atoms with van der Waals surface area (Å²) in [6.07, 6.45) is 1.81. The van der Waals surface area contributed by atoms with Gasteiger partial charge in [-0.3, -0.25) is 0 Å². The highest BCUT2D eigenvalue weighted by Crippen LogP contribution is 2.42. The standard InChI is InChI=1S/C23H15NOS/c1-2-8-16(9-3-1)17-10-4-5-11-18(17)21-19-12-6-7-13-20(19)22(25-21)23-24-14-15-26-23/h1-15H. The molecule has 0 aliphatic carbocycles. The summed E-state index contributed by atoms with van der Waals surface area (Å²) >= 11 is 1.60. The first-order valence-corrected chi connectivity index (χ1v) is 9.36. The highest BCUT2D eigenvalue weighted by Gasteiger charge is 2.19. The van der Waals surface area contributed by atoms with Crippen LogP contribution >= 0.6 is 11.3 Å². The quantitative estimate of drug-likeness (QED) is 0.353. The Kier molecular flexibility index (Phi) is 3.65. The first kappa shape index (κ1) is 15.1. The van der Waals surface area contributed by atoms with Gasteiger partial charge in [0.2, 0.25) is 0 Å². The Bertz CT molecular complexity index is 1170. The van der Waals surface area contributed by atoms with Crippen LogP contribution in [0.2, 0.25) is 0 Å². The van der Waals surface area contributed by atoms with E-state index in [1.807, 2.05) is 23.7 Å². The van der Waals surface area contributed by atoms with Crippen molar-refractivity contribution < 1.29 is 4.42 Å². The van der Waals surface area contributed by atoms with Gasteiger partial charge in [-0.05, 0) is 11.1 Å². The molecule has 0 bridgehead atoms. The molecule has 0 spiro atoms. The van der Waals surface area contributed by atoms with E-state index in [0.717, 1.165) is 32.9 Å². The summed E-state index contributed by atoms with van der Waals surface area (Å²) in [4.78, 5) is 4.45. The van der Waals surface area contributed by atoms with E-state index in [4.69, 9.17) is 4.42 Å². The lowest BCUT2D eigenvalue weighted by atomic mass is 9.96. The maximum atomic E-state index is 6.41. The third-order valence-corrected chi connectivity index (χ3v) is 5.28. The zero-order valence-electron chi connectivity index (χ0n) is 13.9. The summed E-state index contributed by atoms with van der Waals surface area (Å²) in [7, 11) is 0. The number of fused-ring (bicyclic) bond motifs is 1. The van der Waals surface area contributed by atoms with E-state index < -0.39 is 0 Å². The van der Waals surface area contributed by atoms with Crippen LogP contribution in [0.1, 0.15) is 0 Å². The van der Waals surface area contributed by atoms with Crippen molar-refractivity contribution in [1.29, 1.82) is 0 Å². The second-order valence-corrected chi connectivity index (χ2v) is 6.95. The molecule has 0 radical (unpaired) electrons. The van der Waals surface area contributed by atoms with E-state index in [9.17, 15) is 0 Å². The van der Waals surface area contributed by atoms with E-state index in [1.165, 1.54) is 11.1 Å². The Morgan fingerprint density at radius 2 is 1.31 bits per heavy atom. The van der Waals surface area contributed by atoms with Gasteiger partial charge in [-0.15, -0.1) is 11.3 Å². The molecule has 2 heterocycles. The Balaban J connectivity index is 1.80. The fraction of sp³-hybridized carbons (Fsp3) is 0. The lowest BCUT2D eigenvalue weighted by Crippen LogP contribution is -1.83. The highest BCUT2D eigenvalue weighted by atomic mass is 32.1. The van der Waals surface area contributed by atoms with Gasteiger partial charge in [0.1, 0.15) is 5.76 Å². The van der Waals surface area contributed by atoms with Gasteiger partial charge in [0.15, 0.2) is 10.8 Å². The van der Waals surface area contributed by atoms with Gasteiger partial charge in [0.05, 0.1) is 0 Å². The number of benzene rings is 3. The molecule has 3 aromatic carbocycles. The molecule has 0 saturated heterocycles. The number of hydrogen-bond donors (Lipinski definition) is 0. The lowest BCUT2D eigenvalue weighted by molar-refractivity contribution is 0.601. The molecule has 0 amide bonds. The van der Waals surface area contributed by atoms with E-state index in [0.29, 0.717) is 0 Å². The molecule has 2 nitrogen and oxygen atoms in total. The van der Waals surface area contributed by atoms with Crippen molar-refractivity contribution in [2.24, 2.45) is 0 Å². The lowest BCUT2D eigenvalue weighted by Gasteiger charge is -2.08. The van der Waals surface area contributed by atoms with E-state index >= 15 is 0 Å². The number of furan rings is 1. The summed E-state index contributed by atoms with van der Waals surface area (Å²) in [6, 6.07) is 27.1. The zero-order chi connectivity index (χ0) is 17.3. The number of nitrogens with zero attached hydrogens (tertiary/aromatic N) is 1. The minimum atomic E-state index is 0.841. The van der Waals surface area contributed by atoms with Gasteiger partial charge in [0, 0.05) is 27.9 Å². The Labute approximate surface area is 155 Å². The largest absolute Gasteiger partial charge is 0.452 e. The Morgan fingerprint density at radius 3 is 2.04 bits per heavy atom. The maximum Gasteiger partial charge on any atom is 0.171 e. The van der Waals surface area contributed by atoms with Crippen molar-refractivity contribution in [3.8, 4) is 33.2 Å². The first-order chi connectivity index (χ1) is 12.9. The van der Waals surface area contributed by atoms with Gasteiger partial charge in [-0.2, -0.15) is 0 Å². The number of rotatable bonds is 3. The molecule has 0 N–H and O–H groups in total. The molecule has 0 saturated carbocycles. The molecule has 0 atom stereocenters. The molecule has 0 aliphatic heterocycles. The van der Waals surface area contributed by atoms with Crippen molar-refractivity contribution in [3.05, 3.63) is 90.4 Å². The van der Waals surface area contributed by atoms with E-state index in [-0.39, 0.29) is 0 Å². The van der Waals surface area contributed by atoms with Crippen molar-refractivity contribution >= 4 is 22.1 Å². The van der Waals surface area contributed by atoms with E-state index in [1.54, 1.807) is 11.3 Å². The summed E-state index contributed by atoms with van der Waals surface area (Å²) in [5.74, 6) is 1.73. The fourth-order valence-electron chi connectivity index (χ4n) is 3.34. The molecule has 2 aromatic heterocycles.